The van der Waals surface area contributed by atoms with Crippen LogP contribution in [0.4, 0.5) is 5.69 Å². The number of guanidine groups is 1. The highest BCUT2D eigenvalue weighted by Crippen LogP contribution is 2.12. The summed E-state index contributed by atoms with van der Waals surface area (Å²) in [5.41, 5.74) is 1.76. The number of benzene rings is 2. The van der Waals surface area contributed by atoms with Crippen molar-refractivity contribution in [3.05, 3.63) is 69.8 Å². The van der Waals surface area contributed by atoms with Crippen molar-refractivity contribution in [2.45, 2.75) is 31.3 Å². The van der Waals surface area contributed by atoms with Crippen LogP contribution >= 0.6 is 0 Å². The molecule has 0 heterocycles. The van der Waals surface area contributed by atoms with Gasteiger partial charge in [0.25, 0.3) is 5.69 Å². The highest BCUT2D eigenvalue weighted by atomic mass is 32.2. The van der Waals surface area contributed by atoms with E-state index in [4.69, 9.17) is 5.14 Å². The molecule has 0 aliphatic heterocycles. The van der Waals surface area contributed by atoms with Gasteiger partial charge in [-0.15, -0.1) is 0 Å². The van der Waals surface area contributed by atoms with Crippen LogP contribution in [-0.4, -0.2) is 25.8 Å². The summed E-state index contributed by atoms with van der Waals surface area (Å²) in [6.45, 7) is 3.57. The van der Waals surface area contributed by atoms with Crippen LogP contribution in [0.25, 0.3) is 0 Å². The molecule has 2 aromatic rings. The zero-order valence-electron chi connectivity index (χ0n) is 15.5. The average molecular weight is 405 g/mol. The largest absolute Gasteiger partial charge is 0.356 e. The predicted octanol–water partition coefficient (Wildman–Crippen LogP) is 1.89. The number of hydrogen-bond donors (Lipinski definition) is 3. The molecule has 2 rings (SSSR count). The number of nitrogens with zero attached hydrogens (tertiary/aromatic N) is 2. The molecule has 0 unspecified atom stereocenters. The van der Waals surface area contributed by atoms with Crippen molar-refractivity contribution in [1.82, 2.24) is 10.6 Å². The number of primary sulfonamides is 1. The van der Waals surface area contributed by atoms with Crippen molar-refractivity contribution in [3.8, 4) is 0 Å². The minimum absolute atomic E-state index is 0.0460. The summed E-state index contributed by atoms with van der Waals surface area (Å²) < 4.78 is 22.6. The lowest BCUT2D eigenvalue weighted by Crippen LogP contribution is -2.37. The lowest BCUT2D eigenvalue weighted by atomic mass is 10.2. The van der Waals surface area contributed by atoms with Crippen molar-refractivity contribution >= 4 is 21.7 Å². The van der Waals surface area contributed by atoms with Crippen LogP contribution in [0.15, 0.2) is 58.4 Å². The molecule has 0 bridgehead atoms. The number of nitro groups is 1. The maximum Gasteiger partial charge on any atom is 0.269 e. The van der Waals surface area contributed by atoms with E-state index in [0.29, 0.717) is 19.0 Å². The lowest BCUT2D eigenvalue weighted by Gasteiger charge is -2.12. The molecular formula is C18H23N5O4S. The second kappa shape index (κ2) is 9.81. The van der Waals surface area contributed by atoms with Gasteiger partial charge in [-0.2, -0.15) is 0 Å². The number of nitrogens with one attached hydrogen (secondary N) is 2. The van der Waals surface area contributed by atoms with Crippen LogP contribution in [0.2, 0.25) is 0 Å². The third kappa shape index (κ3) is 6.63. The molecule has 0 spiro atoms. The number of nitrogens with two attached hydrogens (primary N) is 1. The number of sulfonamides is 1. The van der Waals surface area contributed by atoms with Crippen molar-refractivity contribution in [3.63, 3.8) is 0 Å². The second-order valence-corrected chi connectivity index (χ2v) is 7.62. The Bertz CT molecular complexity index is 925. The van der Waals surface area contributed by atoms with Crippen molar-refractivity contribution in [1.29, 1.82) is 0 Å². The highest BCUT2D eigenvalue weighted by Gasteiger charge is 2.07. The molecule has 0 atom stereocenters. The summed E-state index contributed by atoms with van der Waals surface area (Å²) in [4.78, 5) is 14.8. The molecule has 0 saturated heterocycles. The normalized spacial score (nSPS) is 11.9. The minimum atomic E-state index is -3.71. The summed E-state index contributed by atoms with van der Waals surface area (Å²) in [6.07, 6.45) is 0.918. The van der Waals surface area contributed by atoms with E-state index in [0.717, 1.165) is 24.1 Å². The topological polar surface area (TPSA) is 140 Å². The summed E-state index contributed by atoms with van der Waals surface area (Å²) in [5.74, 6) is 0.593. The molecular weight excluding hydrogens is 382 g/mol. The number of aliphatic imine (C=N–C) groups is 1. The number of rotatable bonds is 8. The van der Waals surface area contributed by atoms with Gasteiger partial charge in [0.15, 0.2) is 5.96 Å². The van der Waals surface area contributed by atoms with Gasteiger partial charge in [-0.25, -0.2) is 18.5 Å². The van der Waals surface area contributed by atoms with Crippen molar-refractivity contribution < 1.29 is 13.3 Å². The Labute approximate surface area is 163 Å². The van der Waals surface area contributed by atoms with Crippen LogP contribution in [0, 0.1) is 10.1 Å². The number of non-ortho nitro benzene ring substituents is 1. The molecule has 9 nitrogen and oxygen atoms in total. The van der Waals surface area contributed by atoms with Gasteiger partial charge in [0.1, 0.15) is 0 Å². The third-order valence-corrected chi connectivity index (χ3v) is 4.75. The molecule has 0 amide bonds. The Balaban J connectivity index is 2.02. The zero-order valence-corrected chi connectivity index (χ0v) is 16.3. The Morgan fingerprint density at radius 1 is 1.07 bits per heavy atom. The van der Waals surface area contributed by atoms with Crippen LogP contribution in [0.5, 0.6) is 0 Å². The second-order valence-electron chi connectivity index (χ2n) is 6.06. The van der Waals surface area contributed by atoms with E-state index in [1.54, 1.807) is 24.3 Å². The van der Waals surface area contributed by atoms with Gasteiger partial charge < -0.3 is 10.6 Å². The van der Waals surface area contributed by atoms with E-state index in [9.17, 15) is 18.5 Å². The summed E-state index contributed by atoms with van der Waals surface area (Å²) >= 11 is 0. The van der Waals surface area contributed by atoms with Gasteiger partial charge in [-0.05, 0) is 29.7 Å². The van der Waals surface area contributed by atoms with E-state index in [1.165, 1.54) is 24.3 Å². The smallest absolute Gasteiger partial charge is 0.269 e. The Morgan fingerprint density at radius 2 is 1.68 bits per heavy atom. The van der Waals surface area contributed by atoms with Crippen LogP contribution in [0.3, 0.4) is 0 Å². The highest BCUT2D eigenvalue weighted by molar-refractivity contribution is 7.89. The van der Waals surface area contributed by atoms with Crippen LogP contribution < -0.4 is 15.8 Å². The number of hydrogen-bond acceptors (Lipinski definition) is 5. The maximum atomic E-state index is 11.3. The summed E-state index contributed by atoms with van der Waals surface area (Å²) in [5, 5.41) is 22.2. The van der Waals surface area contributed by atoms with E-state index < -0.39 is 14.9 Å². The van der Waals surface area contributed by atoms with Crippen LogP contribution in [0.1, 0.15) is 24.5 Å². The molecule has 0 aromatic heterocycles. The zero-order chi connectivity index (χ0) is 20.6. The van der Waals surface area contributed by atoms with Gasteiger partial charge in [0.2, 0.25) is 10.0 Å². The quantitative estimate of drug-likeness (QED) is 0.265. The molecule has 2 aromatic carbocycles. The number of nitro benzene ring substituents is 1. The summed E-state index contributed by atoms with van der Waals surface area (Å²) in [7, 11) is -3.71. The predicted molar refractivity (Wildman–Crippen MR) is 107 cm³/mol. The standard InChI is InChI=1S/C18H23N5O4S/c1-2-11-20-18(21-12-14-3-7-16(8-4-14)23(24)25)22-13-15-5-9-17(10-6-15)28(19,26)27/h3-10H,2,11-13H2,1H3,(H2,19,26,27)(H2,20,21,22). The van der Waals surface area contributed by atoms with Crippen molar-refractivity contribution in [2.75, 3.05) is 6.54 Å². The molecule has 0 fully saturated rings. The molecule has 0 aliphatic rings. The van der Waals surface area contributed by atoms with Gasteiger partial charge >= 0.3 is 0 Å². The lowest BCUT2D eigenvalue weighted by molar-refractivity contribution is -0.384. The fraction of sp³-hybridized carbons (Fsp3) is 0.278. The molecule has 28 heavy (non-hydrogen) atoms. The molecule has 10 heteroatoms. The first-order valence-corrected chi connectivity index (χ1v) is 10.2. The van der Waals surface area contributed by atoms with E-state index in [1.807, 2.05) is 6.92 Å². The Hall–Kier alpha value is -2.98. The van der Waals surface area contributed by atoms with Crippen LogP contribution in [-0.2, 0) is 23.1 Å². The Morgan fingerprint density at radius 3 is 2.21 bits per heavy atom. The minimum Gasteiger partial charge on any atom is -0.356 e. The fourth-order valence-corrected chi connectivity index (χ4v) is 2.81. The third-order valence-electron chi connectivity index (χ3n) is 3.82. The molecule has 4 N–H and O–H groups in total. The first-order valence-electron chi connectivity index (χ1n) is 8.67. The monoisotopic (exact) mass is 405 g/mol. The maximum absolute atomic E-state index is 11.3. The van der Waals surface area contributed by atoms with Gasteiger partial charge in [0, 0.05) is 25.2 Å². The van der Waals surface area contributed by atoms with Gasteiger partial charge in [-0.3, -0.25) is 10.1 Å². The Kier molecular flexibility index (Phi) is 7.47. The van der Waals surface area contributed by atoms with Crippen molar-refractivity contribution in [2.24, 2.45) is 10.1 Å². The van der Waals surface area contributed by atoms with E-state index in [-0.39, 0.29) is 10.6 Å². The molecule has 0 aliphatic carbocycles. The molecule has 0 radical (unpaired) electrons. The molecule has 150 valence electrons. The fourth-order valence-electron chi connectivity index (χ4n) is 2.29. The first-order chi connectivity index (χ1) is 13.3. The molecule has 0 saturated carbocycles. The first kappa shape index (κ1) is 21.3. The SMILES string of the molecule is CCCNC(=NCc1ccc(S(N)(=O)=O)cc1)NCc1ccc([N+](=O)[O-])cc1. The van der Waals surface area contributed by atoms with E-state index >= 15 is 0 Å². The van der Waals surface area contributed by atoms with Gasteiger partial charge in [-0.1, -0.05) is 31.2 Å². The van der Waals surface area contributed by atoms with Gasteiger partial charge in [0.05, 0.1) is 16.4 Å². The average Bonchev–Trinajstić information content (AvgIpc) is 2.67. The van der Waals surface area contributed by atoms with E-state index in [2.05, 4.69) is 15.6 Å². The summed E-state index contributed by atoms with van der Waals surface area (Å²) in [6, 6.07) is 12.5.